The largest absolute Gasteiger partial charge is 0.465 e. The molecule has 1 saturated carbocycles. The lowest BCUT2D eigenvalue weighted by Crippen LogP contribution is -2.32. The molecule has 3 N–H and O–H groups in total. The number of nitrogens with zero attached hydrogens (tertiary/aromatic N) is 2. The number of hydrogen-bond acceptors (Lipinski definition) is 4. The Morgan fingerprint density at radius 3 is 2.67 bits per heavy atom. The minimum atomic E-state index is -2.61. The van der Waals surface area contributed by atoms with Crippen molar-refractivity contribution in [2.45, 2.75) is 37.6 Å². The minimum Gasteiger partial charge on any atom is -0.465 e. The van der Waals surface area contributed by atoms with Gasteiger partial charge in [-0.05, 0) is 18.9 Å². The summed E-state index contributed by atoms with van der Waals surface area (Å²) in [7, 11) is 0. The predicted octanol–water partition coefficient (Wildman–Crippen LogP) is 3.03. The molecule has 1 aliphatic carbocycles. The number of nitrogens with one attached hydrogen (secondary N) is 2. The SMILES string of the molecule is N#Cc1cc(NC(=O)O)cc(NC2CCC(F)(F)CC2)n1. The molecule has 1 aliphatic rings. The van der Waals surface area contributed by atoms with Crippen molar-refractivity contribution in [1.82, 2.24) is 4.98 Å². The summed E-state index contributed by atoms with van der Waals surface area (Å²) in [6.07, 6.45) is -1.04. The highest BCUT2D eigenvalue weighted by Crippen LogP contribution is 2.34. The Morgan fingerprint density at radius 2 is 2.10 bits per heavy atom. The van der Waals surface area contributed by atoms with Crippen LogP contribution in [-0.4, -0.2) is 28.1 Å². The van der Waals surface area contributed by atoms with Gasteiger partial charge in [-0.1, -0.05) is 0 Å². The number of rotatable bonds is 3. The third-order valence-corrected chi connectivity index (χ3v) is 3.26. The van der Waals surface area contributed by atoms with Crippen LogP contribution in [0.15, 0.2) is 12.1 Å². The van der Waals surface area contributed by atoms with Crippen molar-refractivity contribution in [1.29, 1.82) is 5.26 Å². The first-order valence-electron chi connectivity index (χ1n) is 6.44. The number of hydrogen-bond donors (Lipinski definition) is 3. The Bertz CT molecular complexity index is 576. The maximum atomic E-state index is 13.1. The molecule has 21 heavy (non-hydrogen) atoms. The van der Waals surface area contributed by atoms with Gasteiger partial charge in [0.1, 0.15) is 17.6 Å². The van der Waals surface area contributed by atoms with Crippen LogP contribution in [0, 0.1) is 11.3 Å². The lowest BCUT2D eigenvalue weighted by molar-refractivity contribution is -0.0361. The molecule has 0 aliphatic heterocycles. The van der Waals surface area contributed by atoms with E-state index in [2.05, 4.69) is 15.6 Å². The summed E-state index contributed by atoms with van der Waals surface area (Å²) in [6.45, 7) is 0. The Labute approximate surface area is 119 Å². The van der Waals surface area contributed by atoms with Crippen molar-refractivity contribution in [2.75, 3.05) is 10.6 Å². The van der Waals surface area contributed by atoms with Gasteiger partial charge in [0.25, 0.3) is 0 Å². The van der Waals surface area contributed by atoms with Gasteiger partial charge in [-0.25, -0.2) is 18.6 Å². The summed E-state index contributed by atoms with van der Waals surface area (Å²) in [5.41, 5.74) is 0.252. The number of nitriles is 1. The van der Waals surface area contributed by atoms with Gasteiger partial charge in [-0.2, -0.15) is 5.26 Å². The van der Waals surface area contributed by atoms with E-state index in [1.54, 1.807) is 0 Å². The van der Waals surface area contributed by atoms with E-state index >= 15 is 0 Å². The fraction of sp³-hybridized carbons (Fsp3) is 0.462. The van der Waals surface area contributed by atoms with E-state index in [4.69, 9.17) is 10.4 Å². The van der Waals surface area contributed by atoms with Crippen molar-refractivity contribution in [3.8, 4) is 6.07 Å². The normalized spacial score (nSPS) is 17.8. The number of amides is 1. The molecule has 1 fully saturated rings. The van der Waals surface area contributed by atoms with Crippen molar-refractivity contribution >= 4 is 17.6 Å². The molecule has 0 spiro atoms. The Kier molecular flexibility index (Phi) is 4.21. The van der Waals surface area contributed by atoms with Crippen LogP contribution in [0.25, 0.3) is 0 Å². The average molecular weight is 296 g/mol. The monoisotopic (exact) mass is 296 g/mol. The third kappa shape index (κ3) is 4.27. The topological polar surface area (TPSA) is 98.0 Å². The number of halogens is 2. The number of pyridine rings is 1. The fourth-order valence-electron chi connectivity index (χ4n) is 2.25. The molecule has 6 nitrogen and oxygen atoms in total. The van der Waals surface area contributed by atoms with Gasteiger partial charge in [0.2, 0.25) is 5.92 Å². The average Bonchev–Trinajstić information content (AvgIpc) is 2.40. The molecule has 0 unspecified atom stereocenters. The van der Waals surface area contributed by atoms with E-state index < -0.39 is 12.0 Å². The highest BCUT2D eigenvalue weighted by Gasteiger charge is 2.34. The molecule has 112 valence electrons. The molecule has 8 heteroatoms. The van der Waals surface area contributed by atoms with Gasteiger partial charge >= 0.3 is 6.09 Å². The van der Waals surface area contributed by atoms with E-state index in [1.165, 1.54) is 12.1 Å². The van der Waals surface area contributed by atoms with Crippen LogP contribution in [0.5, 0.6) is 0 Å². The number of aromatic nitrogens is 1. The number of carboxylic acid groups (broad SMARTS) is 1. The van der Waals surface area contributed by atoms with Gasteiger partial charge < -0.3 is 10.4 Å². The molecule has 1 aromatic heterocycles. The van der Waals surface area contributed by atoms with Crippen molar-refractivity contribution in [3.05, 3.63) is 17.8 Å². The van der Waals surface area contributed by atoms with Gasteiger partial charge in [0.05, 0.1) is 5.69 Å². The van der Waals surface area contributed by atoms with Crippen LogP contribution in [0.2, 0.25) is 0 Å². The molecule has 1 amide bonds. The second-order valence-corrected chi connectivity index (χ2v) is 4.94. The summed E-state index contributed by atoms with van der Waals surface area (Å²) in [4.78, 5) is 14.6. The first-order valence-corrected chi connectivity index (χ1v) is 6.44. The number of carbonyl (C=O) groups is 1. The summed E-state index contributed by atoms with van der Waals surface area (Å²) in [5.74, 6) is -2.32. The molecule has 0 radical (unpaired) electrons. The zero-order valence-electron chi connectivity index (χ0n) is 11.1. The smallest absolute Gasteiger partial charge is 0.409 e. The molecule has 1 heterocycles. The molecule has 0 bridgehead atoms. The number of anilines is 2. The van der Waals surface area contributed by atoms with Crippen LogP contribution in [0.3, 0.4) is 0 Å². The van der Waals surface area contributed by atoms with E-state index in [9.17, 15) is 13.6 Å². The van der Waals surface area contributed by atoms with Crippen LogP contribution >= 0.6 is 0 Å². The zero-order valence-corrected chi connectivity index (χ0v) is 11.1. The van der Waals surface area contributed by atoms with Gasteiger partial charge in [-0.15, -0.1) is 0 Å². The molecule has 0 aromatic carbocycles. The van der Waals surface area contributed by atoms with Crippen molar-refractivity contribution in [3.63, 3.8) is 0 Å². The zero-order chi connectivity index (χ0) is 15.5. The molecule has 0 atom stereocenters. The Balaban J connectivity index is 2.09. The maximum Gasteiger partial charge on any atom is 0.409 e. The van der Waals surface area contributed by atoms with Crippen LogP contribution in [-0.2, 0) is 0 Å². The summed E-state index contributed by atoms with van der Waals surface area (Å²) in [5, 5.41) is 22.7. The summed E-state index contributed by atoms with van der Waals surface area (Å²) < 4.78 is 26.2. The van der Waals surface area contributed by atoms with E-state index in [1.807, 2.05) is 6.07 Å². The number of alkyl halides is 2. The molecule has 1 aromatic rings. The molecular formula is C13H14F2N4O2. The first kappa shape index (κ1) is 15.0. The van der Waals surface area contributed by atoms with Gasteiger partial charge in [0, 0.05) is 24.9 Å². The lowest BCUT2D eigenvalue weighted by atomic mass is 9.92. The first-order chi connectivity index (χ1) is 9.88. The standard InChI is InChI=1S/C13H14F2N4O2/c14-13(15)3-1-8(2-4-13)17-11-6-9(19-12(20)21)5-10(7-16)18-11/h5-6,8H,1-4H2,(H,20,21)(H2,17,18,19). The second kappa shape index (κ2) is 5.91. The molecule has 2 rings (SSSR count). The van der Waals surface area contributed by atoms with Crippen molar-refractivity contribution in [2.24, 2.45) is 0 Å². The maximum absolute atomic E-state index is 13.1. The van der Waals surface area contributed by atoms with Gasteiger partial charge in [-0.3, -0.25) is 5.32 Å². The van der Waals surface area contributed by atoms with Crippen LogP contribution in [0.4, 0.5) is 25.1 Å². The molecule has 0 saturated heterocycles. The lowest BCUT2D eigenvalue weighted by Gasteiger charge is -2.29. The predicted molar refractivity (Wildman–Crippen MR) is 71.4 cm³/mol. The Hall–Kier alpha value is -2.43. The highest BCUT2D eigenvalue weighted by atomic mass is 19.3. The summed E-state index contributed by atoms with van der Waals surface area (Å²) in [6, 6.07) is 4.40. The van der Waals surface area contributed by atoms with Crippen molar-refractivity contribution < 1.29 is 18.7 Å². The van der Waals surface area contributed by atoms with Gasteiger partial charge in [0.15, 0.2) is 0 Å². The minimum absolute atomic E-state index is 0.0462. The highest BCUT2D eigenvalue weighted by molar-refractivity contribution is 5.83. The Morgan fingerprint density at radius 1 is 1.43 bits per heavy atom. The van der Waals surface area contributed by atoms with Crippen LogP contribution < -0.4 is 10.6 Å². The fourth-order valence-corrected chi connectivity index (χ4v) is 2.25. The second-order valence-electron chi connectivity index (χ2n) is 4.94. The summed E-state index contributed by atoms with van der Waals surface area (Å²) >= 11 is 0. The quantitative estimate of drug-likeness (QED) is 0.796. The molecular weight excluding hydrogens is 282 g/mol. The third-order valence-electron chi connectivity index (χ3n) is 3.26. The van der Waals surface area contributed by atoms with Crippen LogP contribution in [0.1, 0.15) is 31.4 Å². The van der Waals surface area contributed by atoms with E-state index in [0.717, 1.165) is 0 Å². The van der Waals surface area contributed by atoms with E-state index in [0.29, 0.717) is 18.7 Å². The van der Waals surface area contributed by atoms with E-state index in [-0.39, 0.29) is 30.3 Å².